The number of rotatable bonds is 5. The molecule has 1 aliphatic heterocycles. The molecule has 1 heterocycles. The minimum Gasteiger partial charge on any atom is -0.316 e. The first-order valence-electron chi connectivity index (χ1n) is 6.83. The Morgan fingerprint density at radius 3 is 3.00 bits per heavy atom. The highest BCUT2D eigenvalue weighted by atomic mass is 35.5. The molecule has 0 amide bonds. The summed E-state index contributed by atoms with van der Waals surface area (Å²) >= 11 is 6.05. The van der Waals surface area contributed by atoms with Crippen LogP contribution in [-0.2, 0) is 0 Å². The third-order valence-electron chi connectivity index (χ3n) is 4.04. The zero-order valence-corrected chi connectivity index (χ0v) is 12.1. The number of nitrogens with one attached hydrogen (secondary N) is 1. The first-order valence-corrected chi connectivity index (χ1v) is 7.21. The minimum atomic E-state index is 0.429. The van der Waals surface area contributed by atoms with E-state index < -0.39 is 0 Å². The molecule has 1 fully saturated rings. The van der Waals surface area contributed by atoms with Crippen molar-refractivity contribution in [2.75, 3.05) is 26.7 Å². The van der Waals surface area contributed by atoms with Crippen LogP contribution in [0.3, 0.4) is 0 Å². The van der Waals surface area contributed by atoms with Gasteiger partial charge in [0.25, 0.3) is 0 Å². The lowest BCUT2D eigenvalue weighted by molar-refractivity contribution is 0.243. The van der Waals surface area contributed by atoms with E-state index in [1.807, 2.05) is 12.1 Å². The maximum absolute atomic E-state index is 6.05. The van der Waals surface area contributed by atoms with Gasteiger partial charge in [-0.15, -0.1) is 0 Å². The van der Waals surface area contributed by atoms with Crippen LogP contribution in [0.25, 0.3) is 0 Å². The first kappa shape index (κ1) is 13.9. The molecule has 1 aromatic carbocycles. The van der Waals surface area contributed by atoms with Crippen LogP contribution < -0.4 is 5.32 Å². The maximum atomic E-state index is 6.05. The molecule has 0 radical (unpaired) electrons. The van der Waals surface area contributed by atoms with Crippen molar-refractivity contribution in [3.05, 3.63) is 34.9 Å². The summed E-state index contributed by atoms with van der Waals surface area (Å²) in [7, 11) is 2.20. The largest absolute Gasteiger partial charge is 0.316 e. The van der Waals surface area contributed by atoms with E-state index in [2.05, 4.69) is 36.3 Å². The van der Waals surface area contributed by atoms with Gasteiger partial charge in [0.05, 0.1) is 0 Å². The van der Waals surface area contributed by atoms with Crippen LogP contribution in [0, 0.1) is 5.92 Å². The molecule has 1 N–H and O–H groups in total. The van der Waals surface area contributed by atoms with Crippen molar-refractivity contribution in [3.63, 3.8) is 0 Å². The number of halogens is 1. The number of benzene rings is 1. The summed E-state index contributed by atoms with van der Waals surface area (Å²) in [6.07, 6.45) is 2.62. The Balaban J connectivity index is 1.85. The third kappa shape index (κ3) is 3.71. The molecule has 1 saturated heterocycles. The molecular weight excluding hydrogens is 244 g/mol. The zero-order chi connectivity index (χ0) is 13.0. The second kappa shape index (κ2) is 6.55. The molecule has 1 aliphatic rings. The van der Waals surface area contributed by atoms with Gasteiger partial charge in [0.2, 0.25) is 0 Å². The molecule has 2 unspecified atom stereocenters. The summed E-state index contributed by atoms with van der Waals surface area (Å²) in [5.41, 5.74) is 1.30. The smallest absolute Gasteiger partial charge is 0.0409 e. The fraction of sp³-hybridized carbons (Fsp3) is 0.600. The fourth-order valence-electron chi connectivity index (χ4n) is 2.56. The number of nitrogens with zero attached hydrogens (tertiary/aromatic N) is 1. The Hall–Kier alpha value is -0.570. The molecule has 2 nitrogen and oxygen atoms in total. The minimum absolute atomic E-state index is 0.429. The lowest BCUT2D eigenvalue weighted by Gasteiger charge is -2.26. The van der Waals surface area contributed by atoms with Gasteiger partial charge in [-0.2, -0.15) is 0 Å². The zero-order valence-electron chi connectivity index (χ0n) is 11.3. The summed E-state index contributed by atoms with van der Waals surface area (Å²) in [5, 5.41) is 4.26. The van der Waals surface area contributed by atoms with Crippen LogP contribution in [0.15, 0.2) is 24.3 Å². The summed E-state index contributed by atoms with van der Waals surface area (Å²) in [5.74, 6) is 0.860. The highest BCUT2D eigenvalue weighted by Crippen LogP contribution is 2.23. The predicted octanol–water partition coefficient (Wildman–Crippen LogP) is 3.33. The first-order chi connectivity index (χ1) is 8.66. The van der Waals surface area contributed by atoms with Gasteiger partial charge in [-0.3, -0.25) is 4.90 Å². The summed E-state index contributed by atoms with van der Waals surface area (Å²) in [4.78, 5) is 2.42. The predicted molar refractivity (Wildman–Crippen MR) is 78.1 cm³/mol. The SMILES string of the molecule is CC(c1cccc(Cl)c1)N(C)CCC1CCNC1. The lowest BCUT2D eigenvalue weighted by Crippen LogP contribution is -2.25. The van der Waals surface area contributed by atoms with Crippen LogP contribution in [0.4, 0.5) is 0 Å². The van der Waals surface area contributed by atoms with Gasteiger partial charge in [-0.05, 0) is 70.1 Å². The van der Waals surface area contributed by atoms with Crippen molar-refractivity contribution in [2.24, 2.45) is 5.92 Å². The molecule has 2 rings (SSSR count). The van der Waals surface area contributed by atoms with Crippen LogP contribution >= 0.6 is 11.6 Å². The van der Waals surface area contributed by atoms with Crippen molar-refractivity contribution in [1.82, 2.24) is 10.2 Å². The molecule has 1 aromatic rings. The molecule has 0 aromatic heterocycles. The average Bonchev–Trinajstić information content (AvgIpc) is 2.88. The normalized spacial score (nSPS) is 21.4. The van der Waals surface area contributed by atoms with E-state index >= 15 is 0 Å². The van der Waals surface area contributed by atoms with E-state index in [4.69, 9.17) is 11.6 Å². The maximum Gasteiger partial charge on any atom is 0.0409 e. The molecule has 0 bridgehead atoms. The summed E-state index contributed by atoms with van der Waals surface area (Å²) in [6, 6.07) is 8.62. The van der Waals surface area contributed by atoms with E-state index in [0.717, 1.165) is 17.5 Å². The van der Waals surface area contributed by atoms with Gasteiger partial charge < -0.3 is 5.32 Å². The molecule has 0 aliphatic carbocycles. The Morgan fingerprint density at radius 2 is 2.33 bits per heavy atom. The van der Waals surface area contributed by atoms with Crippen molar-refractivity contribution in [2.45, 2.75) is 25.8 Å². The second-order valence-electron chi connectivity index (χ2n) is 5.36. The Kier molecular flexibility index (Phi) is 5.04. The third-order valence-corrected chi connectivity index (χ3v) is 4.28. The van der Waals surface area contributed by atoms with Gasteiger partial charge >= 0.3 is 0 Å². The Morgan fingerprint density at radius 1 is 1.50 bits per heavy atom. The monoisotopic (exact) mass is 266 g/mol. The van der Waals surface area contributed by atoms with Gasteiger partial charge in [0, 0.05) is 11.1 Å². The van der Waals surface area contributed by atoms with Gasteiger partial charge in [-0.25, -0.2) is 0 Å². The molecule has 18 heavy (non-hydrogen) atoms. The van der Waals surface area contributed by atoms with Crippen molar-refractivity contribution in [1.29, 1.82) is 0 Å². The van der Waals surface area contributed by atoms with Crippen molar-refractivity contribution < 1.29 is 0 Å². The van der Waals surface area contributed by atoms with E-state index in [9.17, 15) is 0 Å². The summed E-state index contributed by atoms with van der Waals surface area (Å²) < 4.78 is 0. The molecule has 0 saturated carbocycles. The molecule has 2 atom stereocenters. The Bertz CT molecular complexity index is 375. The van der Waals surface area contributed by atoms with E-state index in [-0.39, 0.29) is 0 Å². The number of hydrogen-bond donors (Lipinski definition) is 1. The highest BCUT2D eigenvalue weighted by molar-refractivity contribution is 6.30. The van der Waals surface area contributed by atoms with Gasteiger partial charge in [0.1, 0.15) is 0 Å². The van der Waals surface area contributed by atoms with Crippen LogP contribution in [-0.4, -0.2) is 31.6 Å². The van der Waals surface area contributed by atoms with Crippen LogP contribution in [0.1, 0.15) is 31.4 Å². The highest BCUT2D eigenvalue weighted by Gasteiger charge is 2.17. The van der Waals surface area contributed by atoms with E-state index in [0.29, 0.717) is 6.04 Å². The second-order valence-corrected chi connectivity index (χ2v) is 5.80. The van der Waals surface area contributed by atoms with E-state index in [1.165, 1.54) is 31.5 Å². The molecule has 100 valence electrons. The van der Waals surface area contributed by atoms with Gasteiger partial charge in [0.15, 0.2) is 0 Å². The molecule has 0 spiro atoms. The quantitative estimate of drug-likeness (QED) is 0.880. The van der Waals surface area contributed by atoms with Crippen molar-refractivity contribution >= 4 is 11.6 Å². The molecular formula is C15H23ClN2. The topological polar surface area (TPSA) is 15.3 Å². The van der Waals surface area contributed by atoms with Crippen molar-refractivity contribution in [3.8, 4) is 0 Å². The van der Waals surface area contributed by atoms with Crippen LogP contribution in [0.2, 0.25) is 5.02 Å². The standard InChI is InChI=1S/C15H23ClN2/c1-12(14-4-3-5-15(16)10-14)18(2)9-7-13-6-8-17-11-13/h3-5,10,12-13,17H,6-9,11H2,1-2H3. The summed E-state index contributed by atoms with van der Waals surface area (Å²) in [6.45, 7) is 5.79. The van der Waals surface area contributed by atoms with Gasteiger partial charge in [-0.1, -0.05) is 23.7 Å². The molecule has 3 heteroatoms. The number of hydrogen-bond acceptors (Lipinski definition) is 2. The average molecular weight is 267 g/mol. The van der Waals surface area contributed by atoms with E-state index in [1.54, 1.807) is 0 Å². The van der Waals surface area contributed by atoms with Crippen LogP contribution in [0.5, 0.6) is 0 Å². The lowest BCUT2D eigenvalue weighted by atomic mass is 10.0. The Labute approximate surface area is 115 Å². The fourth-order valence-corrected chi connectivity index (χ4v) is 2.76.